The summed E-state index contributed by atoms with van der Waals surface area (Å²) in [6.45, 7) is 20.8. The number of alkyl halides is 3. The van der Waals surface area contributed by atoms with Crippen LogP contribution in [0.1, 0.15) is 121 Å². The van der Waals surface area contributed by atoms with Crippen LogP contribution in [0.2, 0.25) is 0 Å². The zero-order valence-electron chi connectivity index (χ0n) is 63.9. The second-order valence-corrected chi connectivity index (χ2v) is 32.8. The second kappa shape index (κ2) is 38.8. The number of rotatable bonds is 30. The van der Waals surface area contributed by atoms with E-state index in [-0.39, 0.29) is 94.7 Å². The summed E-state index contributed by atoms with van der Waals surface area (Å²) < 4.78 is 108. The summed E-state index contributed by atoms with van der Waals surface area (Å²) in [5.41, 5.74) is 7.99. The van der Waals surface area contributed by atoms with Gasteiger partial charge in [-0.1, -0.05) is 274 Å². The molecule has 0 radical (unpaired) electrons. The molecule has 10 unspecified atom stereocenters. The van der Waals surface area contributed by atoms with Gasteiger partial charge < -0.3 is 86.2 Å². The number of benzene rings is 6. The van der Waals surface area contributed by atoms with E-state index in [0.717, 1.165) is 50.9 Å². The minimum atomic E-state index is -1.89. The van der Waals surface area contributed by atoms with Crippen molar-refractivity contribution in [3.8, 4) is 11.1 Å². The molecule has 0 aromatic heterocycles. The Morgan fingerprint density at radius 1 is 0.404 bits per heavy atom. The smallest absolute Gasteiger partial charge is 0.445 e. The summed E-state index contributed by atoms with van der Waals surface area (Å²) in [5.74, 6) is -2.62. The quantitative estimate of drug-likeness (QED) is 0.0317. The van der Waals surface area contributed by atoms with Crippen molar-refractivity contribution >= 4 is 47.1 Å². The monoisotopic (exact) mass is 1560 g/mol. The fourth-order valence-electron chi connectivity index (χ4n) is 16.1. The number of aliphatic hydroxyl groups excluding tert-OH is 1. The minimum Gasteiger partial charge on any atom is -0.445 e. The van der Waals surface area contributed by atoms with Crippen LogP contribution in [0.15, 0.2) is 170 Å². The third-order valence-corrected chi connectivity index (χ3v) is 23.5. The Labute approximate surface area is 656 Å². The van der Waals surface area contributed by atoms with E-state index >= 15 is 0 Å². The molecule has 6 aliphatic rings. The zero-order valence-corrected chi connectivity index (χ0v) is 66.2. The molecule has 1 aliphatic carbocycles. The lowest BCUT2D eigenvalue weighted by molar-refractivity contribution is -0.379. The highest BCUT2D eigenvalue weighted by molar-refractivity contribution is 6.67. The highest BCUT2D eigenvalue weighted by Gasteiger charge is 2.56. The first kappa shape index (κ1) is 82.6. The van der Waals surface area contributed by atoms with E-state index in [4.69, 9.17) is 111 Å². The standard InChI is InChI=1S/C86H108Cl3NO19/c1-11-67-50(3)52(5)73(91)81(101-67)98-48-69-56(9)76(108-82-77(53(6)51(4)68(12-2)102-82)109-85(93)99-45-66-64-39-27-25-37-62(64)63-38-26-28-40-65(63)66)78(96-43-60-33-21-15-22-34-60)83(103-69)107-74-54(7)55(8)79(104-70(74)46-94-41-58-29-17-13-18-30-58)106-75-57(10)72(90-84(92)100-49-86(87,88)89)80(97-44-61-35-23-16-24-36-61)105-71(75)47-95-42-59-31-19-14-20-32-59/h13-40,50-57,66-83,91H,11-12,41-49H2,1-10H3,(H,90,92)/t50-,51-,52-,53-,54+,55?,56+,57+,67?,68?,69?,70?,71?,72?,73?,74-,75-,76-,77?,78?,79-,80+,81-,82+,83-/m0/s1. The van der Waals surface area contributed by atoms with E-state index in [2.05, 4.69) is 71.1 Å². The number of hydrogen-bond acceptors (Lipinski definition) is 19. The molecule has 5 aliphatic heterocycles. The van der Waals surface area contributed by atoms with E-state index in [1.165, 1.54) is 0 Å². The molecular formula is C86H108Cl3NO19. The molecule has 592 valence electrons. The van der Waals surface area contributed by atoms with Crippen molar-refractivity contribution in [1.29, 1.82) is 0 Å². The van der Waals surface area contributed by atoms with Crippen LogP contribution in [-0.4, -0.2) is 159 Å². The number of aliphatic hydroxyl groups is 1. The molecule has 6 aromatic carbocycles. The van der Waals surface area contributed by atoms with Gasteiger partial charge in [0.2, 0.25) is 3.79 Å². The maximum Gasteiger partial charge on any atom is 0.508 e. The van der Waals surface area contributed by atoms with Crippen molar-refractivity contribution in [2.45, 2.75) is 223 Å². The summed E-state index contributed by atoms with van der Waals surface area (Å²) >= 11 is 18.3. The molecule has 0 saturated carbocycles. The highest BCUT2D eigenvalue weighted by Crippen LogP contribution is 2.47. The number of halogens is 3. The van der Waals surface area contributed by atoms with Crippen molar-refractivity contribution < 1.29 is 90.5 Å². The van der Waals surface area contributed by atoms with Crippen LogP contribution in [0.4, 0.5) is 9.59 Å². The Kier molecular flexibility index (Phi) is 29.4. The fourth-order valence-corrected chi connectivity index (χ4v) is 16.3. The van der Waals surface area contributed by atoms with Crippen LogP contribution in [0.5, 0.6) is 0 Å². The Balaban J connectivity index is 0.873. The highest BCUT2D eigenvalue weighted by atomic mass is 35.6. The maximum atomic E-state index is 14.5. The van der Waals surface area contributed by atoms with Gasteiger partial charge in [-0.3, -0.25) is 0 Å². The van der Waals surface area contributed by atoms with Gasteiger partial charge >= 0.3 is 12.2 Å². The zero-order chi connectivity index (χ0) is 76.9. The summed E-state index contributed by atoms with van der Waals surface area (Å²) in [4.78, 5) is 28.4. The number of ether oxygens (including phenoxy) is 16. The van der Waals surface area contributed by atoms with E-state index in [0.29, 0.717) is 6.42 Å². The van der Waals surface area contributed by atoms with Gasteiger partial charge in [0.25, 0.3) is 0 Å². The predicted octanol–water partition coefficient (Wildman–Crippen LogP) is 16.1. The van der Waals surface area contributed by atoms with Crippen LogP contribution in [-0.2, 0) is 102 Å². The molecule has 5 heterocycles. The van der Waals surface area contributed by atoms with Gasteiger partial charge in [-0.2, -0.15) is 0 Å². The average Bonchev–Trinajstić information content (AvgIpc) is 1.21. The van der Waals surface area contributed by atoms with Crippen LogP contribution in [0.3, 0.4) is 0 Å². The molecule has 20 nitrogen and oxygen atoms in total. The first-order chi connectivity index (χ1) is 52.6. The van der Waals surface area contributed by atoms with Gasteiger partial charge in [0, 0.05) is 29.6 Å². The first-order valence-corrected chi connectivity index (χ1v) is 39.9. The van der Waals surface area contributed by atoms with Gasteiger partial charge in [-0.05, 0) is 81.0 Å². The molecule has 1 amide bonds. The van der Waals surface area contributed by atoms with E-state index in [1.54, 1.807) is 0 Å². The molecule has 109 heavy (non-hydrogen) atoms. The van der Waals surface area contributed by atoms with Crippen molar-refractivity contribution in [3.05, 3.63) is 203 Å². The lowest BCUT2D eigenvalue weighted by Crippen LogP contribution is -2.64. The third-order valence-electron chi connectivity index (χ3n) is 23.2. The molecular weight excluding hydrogens is 1460 g/mol. The Bertz CT molecular complexity index is 3730. The number of amides is 1. The van der Waals surface area contributed by atoms with Crippen molar-refractivity contribution in [2.75, 3.05) is 33.0 Å². The largest absolute Gasteiger partial charge is 0.508 e. The topological polar surface area (TPSA) is 214 Å². The van der Waals surface area contributed by atoms with Crippen molar-refractivity contribution in [1.82, 2.24) is 5.32 Å². The molecule has 23 heteroatoms. The molecule has 5 fully saturated rings. The Hall–Kier alpha value is -5.83. The lowest BCUT2D eigenvalue weighted by atomic mass is 9.82. The summed E-state index contributed by atoms with van der Waals surface area (Å²) in [6, 6.07) is 54.6. The molecule has 2 N–H and O–H groups in total. The molecule has 25 atom stereocenters. The SMILES string of the molecule is CCC1O[C@H](OCC2O[C@@H](O[C@@H]3C(COCc4ccccc4)O[C@@H](O[C@@H]4C(COCc5ccccc5)O[C@@H](OCc5ccccc5)C(NC(=O)OCC(Cl)(Cl)Cl)[C@H]4C)C(C)[C@H]3C)C(OCc3ccccc3)[C@@H](O[C@H]3OC(CC)[C@@H](C)[C@H](C)C3OC(=O)OCC3c4ccccc4-c4ccccc43)[C@@H]2C)C(O)[C@@H](C)[C@@H]1C. The maximum absolute atomic E-state index is 14.5. The lowest BCUT2D eigenvalue weighted by Gasteiger charge is -2.52. The van der Waals surface area contributed by atoms with Gasteiger partial charge in [-0.15, -0.1) is 0 Å². The van der Waals surface area contributed by atoms with Crippen molar-refractivity contribution in [3.63, 3.8) is 0 Å². The van der Waals surface area contributed by atoms with Gasteiger partial charge in [0.1, 0.15) is 37.6 Å². The summed E-state index contributed by atoms with van der Waals surface area (Å²) in [6.07, 6.45) is -14.2. The van der Waals surface area contributed by atoms with Gasteiger partial charge in [0.15, 0.2) is 37.6 Å². The Morgan fingerprint density at radius 3 is 1.39 bits per heavy atom. The number of nitrogens with one attached hydrogen (secondary N) is 1. The molecule has 0 bridgehead atoms. The number of hydrogen-bond donors (Lipinski definition) is 2. The third kappa shape index (κ3) is 20.8. The van der Waals surface area contributed by atoms with Crippen LogP contribution >= 0.6 is 34.8 Å². The number of carbonyl (C=O) groups excluding carboxylic acids is 2. The van der Waals surface area contributed by atoms with Gasteiger partial charge in [0.05, 0.1) is 88.9 Å². The van der Waals surface area contributed by atoms with Crippen LogP contribution < -0.4 is 5.32 Å². The average molecular weight is 1570 g/mol. The van der Waals surface area contributed by atoms with Gasteiger partial charge in [-0.25, -0.2) is 9.59 Å². The van der Waals surface area contributed by atoms with E-state index in [9.17, 15) is 14.7 Å². The molecule has 0 spiro atoms. The molecule has 12 rings (SSSR count). The van der Waals surface area contributed by atoms with Crippen LogP contribution in [0, 0.1) is 47.3 Å². The van der Waals surface area contributed by atoms with Crippen molar-refractivity contribution in [2.24, 2.45) is 47.3 Å². The summed E-state index contributed by atoms with van der Waals surface area (Å²) in [5, 5.41) is 14.8. The fraction of sp³-hybridized carbons (Fsp3) is 0.558. The van der Waals surface area contributed by atoms with E-state index in [1.807, 2.05) is 173 Å². The minimum absolute atomic E-state index is 0.0158. The van der Waals surface area contributed by atoms with Crippen LogP contribution in [0.25, 0.3) is 11.1 Å². The predicted molar refractivity (Wildman–Crippen MR) is 411 cm³/mol. The first-order valence-electron chi connectivity index (χ1n) is 38.7. The second-order valence-electron chi connectivity index (χ2n) is 30.3. The number of carbonyl (C=O) groups is 2. The molecule has 6 aromatic rings. The Morgan fingerprint density at radius 2 is 0.844 bits per heavy atom. The van der Waals surface area contributed by atoms with E-state index < -0.39 is 139 Å². The molecule has 5 saturated heterocycles. The number of fused-ring (bicyclic) bond motifs is 3. The summed E-state index contributed by atoms with van der Waals surface area (Å²) in [7, 11) is 0. The number of alkyl carbamates (subject to hydrolysis) is 1. The normalized spacial score (nSPS) is 33.3.